The van der Waals surface area contributed by atoms with Gasteiger partial charge >= 0.3 is 0 Å². The first-order chi connectivity index (χ1) is 10.2. The molecule has 0 spiro atoms. The number of nitriles is 2. The first kappa shape index (κ1) is 17.4. The van der Waals surface area contributed by atoms with Crippen LogP contribution < -0.4 is 5.32 Å². The molecule has 0 saturated carbocycles. The molecule has 1 fully saturated rings. The molecule has 0 bridgehead atoms. The maximum Gasteiger partial charge on any atom is 0.236 e. The van der Waals surface area contributed by atoms with Crippen molar-refractivity contribution < 1.29 is 4.79 Å². The molecule has 1 saturated heterocycles. The van der Waals surface area contributed by atoms with E-state index in [9.17, 15) is 4.79 Å². The first-order valence-corrected chi connectivity index (χ1v) is 7.60. The Kier molecular flexibility index (Phi) is 8.42. The molecule has 1 atom stereocenters. The Morgan fingerprint density at radius 1 is 1.33 bits per heavy atom. The smallest absolute Gasteiger partial charge is 0.236 e. The lowest BCUT2D eigenvalue weighted by molar-refractivity contribution is -0.132. The Hall–Kier alpha value is -1.63. The van der Waals surface area contributed by atoms with Gasteiger partial charge < -0.3 is 10.2 Å². The summed E-state index contributed by atoms with van der Waals surface area (Å²) in [4.78, 5) is 16.2. The summed E-state index contributed by atoms with van der Waals surface area (Å²) in [5, 5.41) is 20.5. The molecule has 1 aliphatic heterocycles. The quantitative estimate of drug-likeness (QED) is 0.707. The third kappa shape index (κ3) is 6.57. The highest BCUT2D eigenvalue weighted by Crippen LogP contribution is 2.15. The molecule has 1 N–H and O–H groups in total. The van der Waals surface area contributed by atoms with Crippen LogP contribution in [0.15, 0.2) is 0 Å². The SMILES string of the molecule is CNCC1CCCN(CC(=O)N(CCC#N)CCC#N)C1. The van der Waals surface area contributed by atoms with E-state index in [2.05, 4.69) is 22.4 Å². The highest BCUT2D eigenvalue weighted by atomic mass is 16.2. The van der Waals surface area contributed by atoms with Gasteiger partial charge in [0.05, 0.1) is 31.5 Å². The number of amides is 1. The van der Waals surface area contributed by atoms with Crippen LogP contribution in [0.4, 0.5) is 0 Å². The summed E-state index contributed by atoms with van der Waals surface area (Å²) < 4.78 is 0. The predicted molar refractivity (Wildman–Crippen MR) is 80.1 cm³/mol. The molecule has 0 aromatic carbocycles. The summed E-state index contributed by atoms with van der Waals surface area (Å²) in [6.07, 6.45) is 2.97. The van der Waals surface area contributed by atoms with Gasteiger partial charge in [0.15, 0.2) is 0 Å². The summed E-state index contributed by atoms with van der Waals surface area (Å²) in [5.74, 6) is 0.633. The number of carbonyl (C=O) groups is 1. The number of nitrogens with one attached hydrogen (secondary N) is 1. The standard InChI is InChI=1S/C15H25N5O/c1-18-11-14-5-2-8-19(12-14)13-15(21)20(9-3-6-16)10-4-7-17/h14,18H,2-5,8-13H2,1H3. The second-order valence-corrected chi connectivity index (χ2v) is 5.50. The summed E-state index contributed by atoms with van der Waals surface area (Å²) in [5.41, 5.74) is 0. The summed E-state index contributed by atoms with van der Waals surface area (Å²) in [6, 6.07) is 4.12. The van der Waals surface area contributed by atoms with Gasteiger partial charge in [-0.2, -0.15) is 10.5 Å². The Bertz CT molecular complexity index is 378. The van der Waals surface area contributed by atoms with Crippen molar-refractivity contribution in [3.05, 3.63) is 0 Å². The number of rotatable bonds is 8. The van der Waals surface area contributed by atoms with E-state index in [0.29, 0.717) is 38.4 Å². The van der Waals surface area contributed by atoms with Gasteiger partial charge in [-0.15, -0.1) is 0 Å². The van der Waals surface area contributed by atoms with Crippen LogP contribution in [0.5, 0.6) is 0 Å². The third-order valence-corrected chi connectivity index (χ3v) is 3.79. The minimum absolute atomic E-state index is 0.0330. The monoisotopic (exact) mass is 291 g/mol. The lowest BCUT2D eigenvalue weighted by Gasteiger charge is -2.33. The largest absolute Gasteiger partial charge is 0.340 e. The molecule has 0 radical (unpaired) electrons. The molecule has 1 rings (SSSR count). The first-order valence-electron chi connectivity index (χ1n) is 7.60. The van der Waals surface area contributed by atoms with Crippen molar-refractivity contribution in [3.63, 3.8) is 0 Å². The van der Waals surface area contributed by atoms with Gasteiger partial charge in [0.2, 0.25) is 5.91 Å². The topological polar surface area (TPSA) is 83.2 Å². The van der Waals surface area contributed by atoms with Crippen LogP contribution in [-0.2, 0) is 4.79 Å². The third-order valence-electron chi connectivity index (χ3n) is 3.79. The van der Waals surface area contributed by atoms with E-state index in [-0.39, 0.29) is 5.91 Å². The van der Waals surface area contributed by atoms with Crippen molar-refractivity contribution in [2.45, 2.75) is 25.7 Å². The summed E-state index contributed by atoms with van der Waals surface area (Å²) in [7, 11) is 1.95. The maximum absolute atomic E-state index is 12.3. The minimum atomic E-state index is 0.0330. The van der Waals surface area contributed by atoms with E-state index in [1.165, 1.54) is 6.42 Å². The van der Waals surface area contributed by atoms with Crippen molar-refractivity contribution >= 4 is 5.91 Å². The van der Waals surface area contributed by atoms with Crippen molar-refractivity contribution in [1.29, 1.82) is 10.5 Å². The van der Waals surface area contributed by atoms with Crippen LogP contribution >= 0.6 is 0 Å². The minimum Gasteiger partial charge on any atom is -0.340 e. The average molecular weight is 291 g/mol. The summed E-state index contributed by atoms with van der Waals surface area (Å²) in [6.45, 7) is 4.12. The summed E-state index contributed by atoms with van der Waals surface area (Å²) >= 11 is 0. The van der Waals surface area contributed by atoms with E-state index in [1.54, 1.807) is 4.90 Å². The number of nitrogens with zero attached hydrogens (tertiary/aromatic N) is 4. The van der Waals surface area contributed by atoms with Crippen molar-refractivity contribution in [3.8, 4) is 12.1 Å². The fraction of sp³-hybridized carbons (Fsp3) is 0.800. The fourth-order valence-corrected chi connectivity index (χ4v) is 2.77. The normalized spacial score (nSPS) is 18.7. The molecule has 6 nitrogen and oxygen atoms in total. The number of likely N-dealkylation sites (tertiary alicyclic amines) is 1. The molecule has 6 heteroatoms. The zero-order valence-corrected chi connectivity index (χ0v) is 12.8. The van der Waals surface area contributed by atoms with Gasteiger partial charge in [0.25, 0.3) is 0 Å². The van der Waals surface area contributed by atoms with Gasteiger partial charge in [-0.25, -0.2) is 0 Å². The van der Waals surface area contributed by atoms with E-state index in [4.69, 9.17) is 10.5 Å². The lowest BCUT2D eigenvalue weighted by Crippen LogP contribution is -2.46. The van der Waals surface area contributed by atoms with Gasteiger partial charge in [0.1, 0.15) is 0 Å². The van der Waals surface area contributed by atoms with Crippen molar-refractivity contribution in [2.75, 3.05) is 46.3 Å². The molecule has 1 aliphatic rings. The number of carbonyl (C=O) groups excluding carboxylic acids is 1. The van der Waals surface area contributed by atoms with Crippen LogP contribution in [0.3, 0.4) is 0 Å². The van der Waals surface area contributed by atoms with Gasteiger partial charge in [0, 0.05) is 19.6 Å². The molecule has 0 aromatic heterocycles. The highest BCUT2D eigenvalue weighted by Gasteiger charge is 2.23. The van der Waals surface area contributed by atoms with Crippen LogP contribution in [0.2, 0.25) is 0 Å². The molecule has 1 unspecified atom stereocenters. The number of hydrogen-bond acceptors (Lipinski definition) is 5. The predicted octanol–water partition coefficient (Wildman–Crippen LogP) is 0.574. The average Bonchev–Trinajstić information content (AvgIpc) is 2.48. The van der Waals surface area contributed by atoms with Gasteiger partial charge in [-0.3, -0.25) is 9.69 Å². The van der Waals surface area contributed by atoms with Crippen molar-refractivity contribution in [1.82, 2.24) is 15.1 Å². The van der Waals surface area contributed by atoms with E-state index >= 15 is 0 Å². The Balaban J connectivity index is 2.47. The lowest BCUT2D eigenvalue weighted by atomic mass is 9.98. The molecular formula is C15H25N5O. The van der Waals surface area contributed by atoms with Crippen LogP contribution in [-0.4, -0.2) is 62.0 Å². The van der Waals surface area contributed by atoms with E-state index in [1.807, 2.05) is 7.05 Å². The van der Waals surface area contributed by atoms with Crippen LogP contribution in [0.25, 0.3) is 0 Å². The molecule has 0 aromatic rings. The van der Waals surface area contributed by atoms with E-state index < -0.39 is 0 Å². The fourth-order valence-electron chi connectivity index (χ4n) is 2.77. The zero-order valence-electron chi connectivity index (χ0n) is 12.8. The van der Waals surface area contributed by atoms with Gasteiger partial charge in [-0.1, -0.05) is 0 Å². The Morgan fingerprint density at radius 2 is 2.00 bits per heavy atom. The Morgan fingerprint density at radius 3 is 2.57 bits per heavy atom. The van der Waals surface area contributed by atoms with Gasteiger partial charge in [-0.05, 0) is 38.9 Å². The van der Waals surface area contributed by atoms with Crippen LogP contribution in [0.1, 0.15) is 25.7 Å². The molecule has 1 heterocycles. The number of hydrogen-bond donors (Lipinski definition) is 1. The zero-order chi connectivity index (χ0) is 15.5. The van der Waals surface area contributed by atoms with Crippen molar-refractivity contribution in [2.24, 2.45) is 5.92 Å². The van der Waals surface area contributed by atoms with Crippen LogP contribution in [0, 0.1) is 28.6 Å². The molecule has 116 valence electrons. The second kappa shape index (κ2) is 10.1. The molecular weight excluding hydrogens is 266 g/mol. The molecule has 1 amide bonds. The maximum atomic E-state index is 12.3. The Labute approximate surface area is 127 Å². The number of piperidine rings is 1. The molecule has 0 aliphatic carbocycles. The second-order valence-electron chi connectivity index (χ2n) is 5.50. The van der Waals surface area contributed by atoms with E-state index in [0.717, 1.165) is 26.1 Å². The highest BCUT2D eigenvalue weighted by molar-refractivity contribution is 5.78. The molecule has 21 heavy (non-hydrogen) atoms.